The number of hydrogen-bond donors (Lipinski definition) is 0. The minimum atomic E-state index is -0.317. The molecule has 1 heterocycles. The zero-order valence-corrected chi connectivity index (χ0v) is 15.4. The predicted octanol–water partition coefficient (Wildman–Crippen LogP) is 4.77. The lowest BCUT2D eigenvalue weighted by Gasteiger charge is -2.14. The van der Waals surface area contributed by atoms with Crippen LogP contribution in [0.1, 0.15) is 51.4 Å². The monoisotopic (exact) mass is 358 g/mol. The summed E-state index contributed by atoms with van der Waals surface area (Å²) < 4.78 is 6.80. The maximum atomic E-state index is 12.2. The SMILES string of the molecule is C=Cc1cc(C2CC2)c(Cc2ccc(-n3cccn3)cc2)cc1C(=O)OC. The van der Waals surface area contributed by atoms with E-state index < -0.39 is 0 Å². The highest BCUT2D eigenvalue weighted by Gasteiger charge is 2.27. The molecule has 0 radical (unpaired) electrons. The molecular weight excluding hydrogens is 336 g/mol. The average Bonchev–Trinajstić information content (AvgIpc) is 3.41. The van der Waals surface area contributed by atoms with Crippen molar-refractivity contribution in [3.63, 3.8) is 0 Å². The Balaban J connectivity index is 1.68. The molecule has 0 amide bonds. The Morgan fingerprint density at radius 1 is 1.30 bits per heavy atom. The number of carbonyl (C=O) groups excluding carboxylic acids is 1. The first-order chi connectivity index (χ1) is 13.2. The van der Waals surface area contributed by atoms with Gasteiger partial charge in [0.05, 0.1) is 18.4 Å². The maximum absolute atomic E-state index is 12.2. The second-order valence-corrected chi connectivity index (χ2v) is 6.90. The van der Waals surface area contributed by atoms with Crippen LogP contribution in [-0.4, -0.2) is 22.9 Å². The van der Waals surface area contributed by atoms with Gasteiger partial charge in [0.1, 0.15) is 0 Å². The van der Waals surface area contributed by atoms with E-state index in [1.165, 1.54) is 36.6 Å². The van der Waals surface area contributed by atoms with Crippen LogP contribution in [0.15, 0.2) is 61.4 Å². The summed E-state index contributed by atoms with van der Waals surface area (Å²) in [5.41, 5.74) is 6.18. The van der Waals surface area contributed by atoms with Crippen molar-refractivity contribution in [1.82, 2.24) is 9.78 Å². The molecule has 3 aromatic rings. The summed E-state index contributed by atoms with van der Waals surface area (Å²) in [7, 11) is 1.41. The van der Waals surface area contributed by atoms with Gasteiger partial charge < -0.3 is 4.74 Å². The highest BCUT2D eigenvalue weighted by molar-refractivity contribution is 5.94. The van der Waals surface area contributed by atoms with Gasteiger partial charge in [-0.05, 0) is 71.7 Å². The van der Waals surface area contributed by atoms with Crippen LogP contribution < -0.4 is 0 Å². The molecule has 1 aromatic heterocycles. The number of aromatic nitrogens is 2. The Morgan fingerprint density at radius 2 is 2.07 bits per heavy atom. The molecule has 1 saturated carbocycles. The first-order valence-electron chi connectivity index (χ1n) is 9.16. The molecule has 0 spiro atoms. The van der Waals surface area contributed by atoms with Crippen molar-refractivity contribution in [2.24, 2.45) is 0 Å². The molecule has 2 aromatic carbocycles. The van der Waals surface area contributed by atoms with Gasteiger partial charge in [-0.15, -0.1) is 0 Å². The lowest BCUT2D eigenvalue weighted by Crippen LogP contribution is -2.07. The van der Waals surface area contributed by atoms with Gasteiger partial charge in [-0.1, -0.05) is 30.9 Å². The standard InChI is InChI=1S/C23H22N2O2/c1-3-17-14-21(18-7-8-18)19(15-22(17)23(26)27-2)13-16-5-9-20(10-6-16)25-12-4-11-24-25/h3-6,9-12,14-15,18H,1,7-8,13H2,2H3. The molecule has 27 heavy (non-hydrogen) atoms. The van der Waals surface area contributed by atoms with Gasteiger partial charge >= 0.3 is 5.97 Å². The van der Waals surface area contributed by atoms with Crippen LogP contribution in [-0.2, 0) is 11.2 Å². The second kappa shape index (κ2) is 7.23. The minimum Gasteiger partial charge on any atom is -0.465 e. The smallest absolute Gasteiger partial charge is 0.338 e. The highest BCUT2D eigenvalue weighted by Crippen LogP contribution is 2.43. The number of nitrogens with zero attached hydrogens (tertiary/aromatic N) is 2. The number of esters is 1. The maximum Gasteiger partial charge on any atom is 0.338 e. The van der Waals surface area contributed by atoms with E-state index in [9.17, 15) is 4.79 Å². The lowest BCUT2D eigenvalue weighted by molar-refractivity contribution is 0.0600. The normalized spacial score (nSPS) is 13.4. The summed E-state index contributed by atoms with van der Waals surface area (Å²) in [5.74, 6) is 0.274. The number of hydrogen-bond acceptors (Lipinski definition) is 3. The third-order valence-electron chi connectivity index (χ3n) is 5.05. The Bertz CT molecular complexity index is 968. The summed E-state index contributed by atoms with van der Waals surface area (Å²) in [6.07, 6.45) is 8.63. The van der Waals surface area contributed by atoms with E-state index in [1.807, 2.05) is 23.0 Å². The van der Waals surface area contributed by atoms with Crippen molar-refractivity contribution in [2.75, 3.05) is 7.11 Å². The summed E-state index contributed by atoms with van der Waals surface area (Å²) in [5, 5.41) is 4.26. The highest BCUT2D eigenvalue weighted by atomic mass is 16.5. The third kappa shape index (κ3) is 3.56. The minimum absolute atomic E-state index is 0.317. The van der Waals surface area contributed by atoms with Crippen molar-refractivity contribution < 1.29 is 9.53 Å². The number of ether oxygens (including phenoxy) is 1. The largest absolute Gasteiger partial charge is 0.465 e. The van der Waals surface area contributed by atoms with Gasteiger partial charge in [-0.2, -0.15) is 5.10 Å². The topological polar surface area (TPSA) is 44.1 Å². The predicted molar refractivity (Wildman–Crippen MR) is 106 cm³/mol. The number of rotatable bonds is 6. The molecule has 0 saturated heterocycles. The van der Waals surface area contributed by atoms with Crippen LogP contribution >= 0.6 is 0 Å². The average molecular weight is 358 g/mol. The summed E-state index contributed by atoms with van der Waals surface area (Å²) >= 11 is 0. The molecule has 136 valence electrons. The fraction of sp³-hybridized carbons (Fsp3) is 0.217. The molecule has 0 bridgehead atoms. The van der Waals surface area contributed by atoms with Gasteiger partial charge in [0.2, 0.25) is 0 Å². The first-order valence-corrected chi connectivity index (χ1v) is 9.16. The third-order valence-corrected chi connectivity index (χ3v) is 5.05. The second-order valence-electron chi connectivity index (χ2n) is 6.90. The van der Waals surface area contributed by atoms with Crippen molar-refractivity contribution in [2.45, 2.75) is 25.2 Å². The molecule has 0 N–H and O–H groups in total. The van der Waals surface area contributed by atoms with E-state index in [1.54, 1.807) is 12.3 Å². The molecular formula is C23H22N2O2. The molecule has 1 fully saturated rings. The van der Waals surface area contributed by atoms with E-state index >= 15 is 0 Å². The van der Waals surface area contributed by atoms with Crippen molar-refractivity contribution >= 4 is 12.0 Å². The summed E-state index contributed by atoms with van der Waals surface area (Å²) in [4.78, 5) is 12.2. The molecule has 0 unspecified atom stereocenters. The van der Waals surface area contributed by atoms with Gasteiger partial charge in [-0.3, -0.25) is 0 Å². The fourth-order valence-corrected chi connectivity index (χ4v) is 3.47. The molecule has 1 aliphatic carbocycles. The first kappa shape index (κ1) is 17.3. The number of benzene rings is 2. The van der Waals surface area contributed by atoms with Crippen molar-refractivity contribution in [3.05, 3.63) is 89.3 Å². The van der Waals surface area contributed by atoms with Crippen LogP contribution in [0.3, 0.4) is 0 Å². The van der Waals surface area contributed by atoms with Crippen LogP contribution in [0.2, 0.25) is 0 Å². The van der Waals surface area contributed by atoms with Gasteiger partial charge in [-0.25, -0.2) is 9.48 Å². The van der Waals surface area contributed by atoms with E-state index in [0.29, 0.717) is 11.5 Å². The van der Waals surface area contributed by atoms with E-state index in [4.69, 9.17) is 4.74 Å². The van der Waals surface area contributed by atoms with Crippen LogP contribution in [0, 0.1) is 0 Å². The van der Waals surface area contributed by atoms with Crippen LogP contribution in [0.5, 0.6) is 0 Å². The van der Waals surface area contributed by atoms with Crippen LogP contribution in [0.25, 0.3) is 11.8 Å². The van der Waals surface area contributed by atoms with E-state index in [2.05, 4.69) is 42.0 Å². The Kier molecular flexibility index (Phi) is 4.63. The van der Waals surface area contributed by atoms with Crippen molar-refractivity contribution in [1.29, 1.82) is 0 Å². The number of carbonyl (C=O) groups is 1. The zero-order chi connectivity index (χ0) is 18.8. The van der Waals surface area contributed by atoms with Gasteiger partial charge in [0, 0.05) is 12.4 Å². The fourth-order valence-electron chi connectivity index (χ4n) is 3.47. The molecule has 0 aliphatic heterocycles. The quantitative estimate of drug-likeness (QED) is 0.596. The van der Waals surface area contributed by atoms with Gasteiger partial charge in [0.15, 0.2) is 0 Å². The zero-order valence-electron chi connectivity index (χ0n) is 15.4. The molecule has 0 atom stereocenters. The van der Waals surface area contributed by atoms with Crippen LogP contribution in [0.4, 0.5) is 0 Å². The molecule has 1 aliphatic rings. The molecule has 4 rings (SSSR count). The Morgan fingerprint density at radius 3 is 2.67 bits per heavy atom. The van der Waals surface area contributed by atoms with Crippen molar-refractivity contribution in [3.8, 4) is 5.69 Å². The van der Waals surface area contributed by atoms with Gasteiger partial charge in [0.25, 0.3) is 0 Å². The number of methoxy groups -OCH3 is 1. The van der Waals surface area contributed by atoms with E-state index in [-0.39, 0.29) is 5.97 Å². The lowest BCUT2D eigenvalue weighted by atomic mass is 9.91. The Labute approximate surface area is 159 Å². The molecule has 4 nitrogen and oxygen atoms in total. The summed E-state index contributed by atoms with van der Waals surface area (Å²) in [6, 6.07) is 14.4. The molecule has 4 heteroatoms. The Hall–Kier alpha value is -3.14. The van der Waals surface area contributed by atoms with E-state index in [0.717, 1.165) is 17.7 Å². The summed E-state index contributed by atoms with van der Waals surface area (Å²) in [6.45, 7) is 3.86.